The van der Waals surface area contributed by atoms with Gasteiger partial charge in [-0.25, -0.2) is 18.4 Å². The molecule has 0 unspecified atom stereocenters. The molecule has 0 aliphatic heterocycles. The van der Waals surface area contributed by atoms with Gasteiger partial charge in [0.2, 0.25) is 10.6 Å². The van der Waals surface area contributed by atoms with E-state index in [1.54, 1.807) is 23.0 Å². The second kappa shape index (κ2) is 10.3. The van der Waals surface area contributed by atoms with E-state index in [2.05, 4.69) is 9.98 Å². The number of methoxy groups -OCH3 is 3. The third kappa shape index (κ3) is 4.70. The minimum atomic E-state index is -0.769. The number of nitrogens with zero attached hydrogens (tertiary/aromatic N) is 3. The van der Waals surface area contributed by atoms with Gasteiger partial charge in [0, 0.05) is 39.7 Å². The maximum absolute atomic E-state index is 14.4. The predicted molar refractivity (Wildman–Crippen MR) is 140 cm³/mol. The molecule has 0 aliphatic carbocycles. The molecular formula is C27H22F2N4O3S. The number of ether oxygens (including phenoxy) is 3. The Morgan fingerprint density at radius 3 is 2.41 bits per heavy atom. The molecule has 188 valence electrons. The summed E-state index contributed by atoms with van der Waals surface area (Å²) in [5.41, 5.74) is 3.20. The Labute approximate surface area is 214 Å². The van der Waals surface area contributed by atoms with Crippen LogP contribution in [0.15, 0.2) is 76.3 Å². The maximum Gasteiger partial charge on any atom is 0.211 e. The van der Waals surface area contributed by atoms with E-state index in [0.29, 0.717) is 33.3 Å². The summed E-state index contributed by atoms with van der Waals surface area (Å²) < 4.78 is 46.0. The first kappa shape index (κ1) is 24.3. The molecule has 0 saturated heterocycles. The van der Waals surface area contributed by atoms with Crippen molar-refractivity contribution in [2.75, 3.05) is 21.3 Å². The van der Waals surface area contributed by atoms with Crippen molar-refractivity contribution in [1.82, 2.24) is 9.66 Å². The van der Waals surface area contributed by atoms with Crippen molar-refractivity contribution in [3.63, 3.8) is 0 Å². The standard InChI is InChI=1S/C27H22F2N4O3S/c1-34-24-10-16(11-25(35-2)26(24)36-3)23-15-37-27(32-22-9-8-18(28)12-20(22)29)33(23)31-14-17-13-30-21-7-5-4-6-19(17)21/h4-15,30H,1-3H3. The highest BCUT2D eigenvalue weighted by Gasteiger charge is 2.17. The molecule has 0 spiro atoms. The molecule has 0 saturated carbocycles. The van der Waals surface area contributed by atoms with Crippen molar-refractivity contribution >= 4 is 34.1 Å². The molecular weight excluding hydrogens is 498 g/mol. The van der Waals surface area contributed by atoms with E-state index >= 15 is 0 Å². The maximum atomic E-state index is 14.4. The molecule has 0 fully saturated rings. The number of fused-ring (bicyclic) bond motifs is 1. The summed E-state index contributed by atoms with van der Waals surface area (Å²) in [6.07, 6.45) is 3.56. The zero-order chi connectivity index (χ0) is 25.9. The number of aromatic nitrogens is 2. The van der Waals surface area contributed by atoms with Crippen molar-refractivity contribution in [1.29, 1.82) is 0 Å². The molecule has 2 aromatic heterocycles. The van der Waals surface area contributed by atoms with Crippen LogP contribution in [0.4, 0.5) is 14.5 Å². The second-order valence-electron chi connectivity index (χ2n) is 7.87. The van der Waals surface area contributed by atoms with E-state index in [9.17, 15) is 8.78 Å². The smallest absolute Gasteiger partial charge is 0.211 e. The monoisotopic (exact) mass is 520 g/mol. The van der Waals surface area contributed by atoms with Gasteiger partial charge in [-0.3, -0.25) is 0 Å². The minimum absolute atomic E-state index is 0.00395. The van der Waals surface area contributed by atoms with Gasteiger partial charge in [-0.1, -0.05) is 18.2 Å². The lowest BCUT2D eigenvalue weighted by Crippen LogP contribution is -2.12. The van der Waals surface area contributed by atoms with Gasteiger partial charge in [-0.05, 0) is 30.3 Å². The highest BCUT2D eigenvalue weighted by molar-refractivity contribution is 7.07. The Hall–Kier alpha value is -4.44. The van der Waals surface area contributed by atoms with Crippen molar-refractivity contribution in [2.45, 2.75) is 0 Å². The van der Waals surface area contributed by atoms with Crippen LogP contribution < -0.4 is 19.0 Å². The molecule has 0 atom stereocenters. The number of benzene rings is 3. The van der Waals surface area contributed by atoms with E-state index in [-0.39, 0.29) is 5.69 Å². The van der Waals surface area contributed by atoms with Crippen LogP contribution in [0.1, 0.15) is 5.56 Å². The average molecular weight is 521 g/mol. The first-order valence-corrected chi connectivity index (χ1v) is 12.0. The normalized spacial score (nSPS) is 12.0. The number of thiazole rings is 1. The van der Waals surface area contributed by atoms with Crippen LogP contribution in [0.3, 0.4) is 0 Å². The Kier molecular flexibility index (Phi) is 6.74. The van der Waals surface area contributed by atoms with Gasteiger partial charge in [-0.2, -0.15) is 5.10 Å². The Balaban J connectivity index is 1.71. The number of rotatable bonds is 7. The van der Waals surface area contributed by atoms with E-state index in [4.69, 9.17) is 19.3 Å². The van der Waals surface area contributed by atoms with Crippen molar-refractivity contribution in [3.8, 4) is 28.5 Å². The second-order valence-corrected chi connectivity index (χ2v) is 8.71. The molecule has 1 N–H and O–H groups in total. The number of nitrogens with one attached hydrogen (secondary N) is 1. The molecule has 0 amide bonds. The van der Waals surface area contributed by atoms with Gasteiger partial charge < -0.3 is 19.2 Å². The van der Waals surface area contributed by atoms with Crippen molar-refractivity contribution in [3.05, 3.63) is 88.2 Å². The molecule has 5 rings (SSSR count). The highest BCUT2D eigenvalue weighted by Crippen LogP contribution is 2.41. The molecule has 7 nitrogen and oxygen atoms in total. The van der Waals surface area contributed by atoms with E-state index in [0.717, 1.165) is 28.6 Å². The van der Waals surface area contributed by atoms with Crippen LogP contribution in [0, 0.1) is 11.6 Å². The summed E-state index contributed by atoms with van der Waals surface area (Å²) in [6.45, 7) is 0. The van der Waals surface area contributed by atoms with E-state index < -0.39 is 11.6 Å². The third-order valence-electron chi connectivity index (χ3n) is 5.71. The van der Waals surface area contributed by atoms with Gasteiger partial charge >= 0.3 is 0 Å². The predicted octanol–water partition coefficient (Wildman–Crippen LogP) is 6.12. The van der Waals surface area contributed by atoms with Crippen LogP contribution in [-0.2, 0) is 0 Å². The average Bonchev–Trinajstić information content (AvgIpc) is 3.51. The fourth-order valence-corrected chi connectivity index (χ4v) is 4.76. The SMILES string of the molecule is COc1cc(-c2csc(=Nc3ccc(F)cc3F)n2N=Cc2c[nH]c3ccccc23)cc(OC)c1OC. The third-order valence-corrected chi connectivity index (χ3v) is 6.52. The molecule has 5 aromatic rings. The fourth-order valence-electron chi connectivity index (χ4n) is 3.91. The largest absolute Gasteiger partial charge is 0.493 e. The van der Waals surface area contributed by atoms with Gasteiger partial charge in [-0.15, -0.1) is 11.3 Å². The van der Waals surface area contributed by atoms with Crippen LogP contribution in [0.5, 0.6) is 17.2 Å². The highest BCUT2D eigenvalue weighted by atomic mass is 32.1. The van der Waals surface area contributed by atoms with Gasteiger partial charge in [0.1, 0.15) is 11.5 Å². The molecule has 2 heterocycles. The lowest BCUT2D eigenvalue weighted by molar-refractivity contribution is 0.324. The minimum Gasteiger partial charge on any atom is -0.493 e. The summed E-state index contributed by atoms with van der Waals surface area (Å²) in [5, 5.41) is 7.55. The Bertz CT molecular complexity index is 1660. The number of hydrogen-bond donors (Lipinski definition) is 1. The molecule has 0 bridgehead atoms. The summed E-state index contributed by atoms with van der Waals surface area (Å²) in [7, 11) is 4.61. The molecule has 3 aromatic carbocycles. The van der Waals surface area contributed by atoms with Crippen LogP contribution in [0.2, 0.25) is 0 Å². The lowest BCUT2D eigenvalue weighted by atomic mass is 10.1. The number of H-pyrrole nitrogens is 1. The Morgan fingerprint density at radius 1 is 0.946 bits per heavy atom. The van der Waals surface area contributed by atoms with E-state index in [1.165, 1.54) is 38.7 Å². The first-order valence-electron chi connectivity index (χ1n) is 11.1. The lowest BCUT2D eigenvalue weighted by Gasteiger charge is -2.14. The number of hydrogen-bond acceptors (Lipinski definition) is 6. The van der Waals surface area contributed by atoms with Gasteiger partial charge in [0.15, 0.2) is 17.3 Å². The molecule has 0 radical (unpaired) electrons. The first-order chi connectivity index (χ1) is 18.0. The number of aromatic amines is 1. The zero-order valence-corrected chi connectivity index (χ0v) is 21.0. The van der Waals surface area contributed by atoms with Crippen molar-refractivity contribution in [2.24, 2.45) is 10.1 Å². The van der Waals surface area contributed by atoms with Gasteiger partial charge in [0.25, 0.3) is 0 Å². The van der Waals surface area contributed by atoms with Crippen LogP contribution in [0.25, 0.3) is 22.2 Å². The van der Waals surface area contributed by atoms with Crippen LogP contribution >= 0.6 is 11.3 Å². The Morgan fingerprint density at radius 2 is 1.70 bits per heavy atom. The fraction of sp³-hybridized carbons (Fsp3) is 0.111. The zero-order valence-electron chi connectivity index (χ0n) is 20.2. The number of halogens is 2. The summed E-state index contributed by atoms with van der Waals surface area (Å²) in [4.78, 5) is 8.04. The summed E-state index contributed by atoms with van der Waals surface area (Å²) in [6, 6.07) is 14.7. The summed E-state index contributed by atoms with van der Waals surface area (Å²) in [5.74, 6) is -0.0476. The van der Waals surface area contributed by atoms with Gasteiger partial charge in [0.05, 0.1) is 33.2 Å². The van der Waals surface area contributed by atoms with Crippen molar-refractivity contribution < 1.29 is 23.0 Å². The molecule has 10 heteroatoms. The van der Waals surface area contributed by atoms with E-state index in [1.807, 2.05) is 35.8 Å². The molecule has 0 aliphatic rings. The quantitative estimate of drug-likeness (QED) is 0.263. The number of para-hydroxylation sites is 1. The topological polar surface area (TPSA) is 73.1 Å². The molecule has 37 heavy (non-hydrogen) atoms. The van der Waals surface area contributed by atoms with Crippen LogP contribution in [-0.4, -0.2) is 37.2 Å². The summed E-state index contributed by atoms with van der Waals surface area (Å²) >= 11 is 1.26.